The fourth-order valence-corrected chi connectivity index (χ4v) is 1.52. The first-order valence-electron chi connectivity index (χ1n) is 4.16. The van der Waals surface area contributed by atoms with Crippen molar-refractivity contribution in [2.45, 2.75) is 32.5 Å². The molecule has 0 aliphatic heterocycles. The smallest absolute Gasteiger partial charge is 0.161 e. The van der Waals surface area contributed by atoms with Crippen molar-refractivity contribution in [3.8, 4) is 0 Å². The van der Waals surface area contributed by atoms with Crippen LogP contribution in [-0.4, -0.2) is 28.2 Å². The molecule has 0 aromatic heterocycles. The Balaban J connectivity index is 2.90. The molecule has 1 aliphatic carbocycles. The molecule has 0 fully saturated rings. The summed E-state index contributed by atoms with van der Waals surface area (Å²) in [5, 5.41) is 18.9. The maximum Gasteiger partial charge on any atom is 0.161 e. The van der Waals surface area contributed by atoms with Crippen molar-refractivity contribution < 1.29 is 15.0 Å². The molecule has 0 aromatic rings. The molecule has 0 amide bonds. The van der Waals surface area contributed by atoms with Crippen LogP contribution in [0.3, 0.4) is 0 Å². The van der Waals surface area contributed by atoms with Crippen LogP contribution in [0.2, 0.25) is 0 Å². The average Bonchev–Trinajstić information content (AvgIpc) is 2.01. The highest BCUT2D eigenvalue weighted by Crippen LogP contribution is 2.23. The molecule has 1 rings (SSSR count). The van der Waals surface area contributed by atoms with Crippen LogP contribution >= 0.6 is 0 Å². The summed E-state index contributed by atoms with van der Waals surface area (Å²) in [6.07, 6.45) is 0.201. The molecule has 3 atom stereocenters. The standard InChI is InChI=1S/C9H14O3/c1-3-6-7(10)4-5(2)8(11)9(6)12/h4,6,8-9,11-12H,3H2,1-2H3/t6-,8+,9-/m1/s1. The Morgan fingerprint density at radius 1 is 1.50 bits per heavy atom. The number of ketones is 1. The summed E-state index contributed by atoms with van der Waals surface area (Å²) in [6.45, 7) is 3.48. The highest BCUT2D eigenvalue weighted by molar-refractivity contribution is 5.94. The molecule has 2 N–H and O–H groups in total. The van der Waals surface area contributed by atoms with Crippen LogP contribution in [-0.2, 0) is 4.79 Å². The van der Waals surface area contributed by atoms with E-state index in [1.807, 2.05) is 6.92 Å². The Kier molecular flexibility index (Phi) is 2.65. The van der Waals surface area contributed by atoms with Crippen molar-refractivity contribution in [3.63, 3.8) is 0 Å². The fourth-order valence-electron chi connectivity index (χ4n) is 1.52. The third-order valence-electron chi connectivity index (χ3n) is 2.38. The van der Waals surface area contributed by atoms with Crippen molar-refractivity contribution in [1.82, 2.24) is 0 Å². The minimum absolute atomic E-state index is 0.0761. The first-order chi connectivity index (χ1) is 5.57. The van der Waals surface area contributed by atoms with Crippen molar-refractivity contribution in [3.05, 3.63) is 11.6 Å². The third-order valence-corrected chi connectivity index (χ3v) is 2.38. The summed E-state index contributed by atoms with van der Waals surface area (Å²) in [6, 6.07) is 0. The van der Waals surface area contributed by atoms with Gasteiger partial charge in [-0.1, -0.05) is 6.92 Å². The molecule has 0 radical (unpaired) electrons. The molecule has 0 spiro atoms. The summed E-state index contributed by atoms with van der Waals surface area (Å²) in [4.78, 5) is 11.2. The van der Waals surface area contributed by atoms with Gasteiger partial charge in [-0.3, -0.25) is 4.79 Å². The molecule has 0 aromatic carbocycles. The van der Waals surface area contributed by atoms with E-state index in [1.54, 1.807) is 6.92 Å². The van der Waals surface area contributed by atoms with Crippen LogP contribution in [0.4, 0.5) is 0 Å². The van der Waals surface area contributed by atoms with Crippen LogP contribution in [0.15, 0.2) is 11.6 Å². The lowest BCUT2D eigenvalue weighted by Gasteiger charge is -2.28. The average molecular weight is 170 g/mol. The van der Waals surface area contributed by atoms with Gasteiger partial charge in [0, 0.05) is 0 Å². The van der Waals surface area contributed by atoms with E-state index in [-0.39, 0.29) is 5.78 Å². The van der Waals surface area contributed by atoms with Gasteiger partial charge in [0.1, 0.15) is 6.10 Å². The second-order valence-corrected chi connectivity index (χ2v) is 3.24. The Labute approximate surface area is 71.7 Å². The molecule has 0 saturated heterocycles. The van der Waals surface area contributed by atoms with Gasteiger partial charge in [0.15, 0.2) is 5.78 Å². The number of hydrogen-bond donors (Lipinski definition) is 2. The largest absolute Gasteiger partial charge is 0.389 e. The van der Waals surface area contributed by atoms with Gasteiger partial charge in [0.2, 0.25) is 0 Å². The zero-order valence-corrected chi connectivity index (χ0v) is 7.32. The molecule has 3 heteroatoms. The predicted molar refractivity (Wildman–Crippen MR) is 44.6 cm³/mol. The molecular formula is C9H14O3. The first-order valence-corrected chi connectivity index (χ1v) is 4.16. The lowest BCUT2D eigenvalue weighted by atomic mass is 9.83. The van der Waals surface area contributed by atoms with E-state index in [4.69, 9.17) is 0 Å². The van der Waals surface area contributed by atoms with Crippen molar-refractivity contribution in [2.75, 3.05) is 0 Å². The van der Waals surface area contributed by atoms with Crippen molar-refractivity contribution in [1.29, 1.82) is 0 Å². The minimum Gasteiger partial charge on any atom is -0.389 e. The van der Waals surface area contributed by atoms with Gasteiger partial charge in [-0.25, -0.2) is 0 Å². The van der Waals surface area contributed by atoms with E-state index in [0.717, 1.165) is 0 Å². The summed E-state index contributed by atoms with van der Waals surface area (Å²) in [5.41, 5.74) is 0.553. The molecule has 0 bridgehead atoms. The van der Waals surface area contributed by atoms with Crippen LogP contribution in [0, 0.1) is 5.92 Å². The second kappa shape index (κ2) is 3.37. The molecule has 0 heterocycles. The predicted octanol–water partition coefficient (Wildman–Crippen LogP) is 0.263. The molecule has 0 unspecified atom stereocenters. The van der Waals surface area contributed by atoms with Gasteiger partial charge in [-0.05, 0) is 25.0 Å². The number of carbonyl (C=O) groups excluding carboxylic acids is 1. The van der Waals surface area contributed by atoms with E-state index in [0.29, 0.717) is 12.0 Å². The zero-order chi connectivity index (χ0) is 9.30. The Morgan fingerprint density at radius 3 is 2.58 bits per heavy atom. The molecule has 3 nitrogen and oxygen atoms in total. The lowest BCUT2D eigenvalue weighted by molar-refractivity contribution is -0.126. The van der Waals surface area contributed by atoms with Gasteiger partial charge >= 0.3 is 0 Å². The van der Waals surface area contributed by atoms with E-state index in [9.17, 15) is 15.0 Å². The van der Waals surface area contributed by atoms with Crippen molar-refractivity contribution in [2.24, 2.45) is 5.92 Å². The molecule has 1 aliphatic rings. The first kappa shape index (κ1) is 9.42. The molecular weight excluding hydrogens is 156 g/mol. The lowest BCUT2D eigenvalue weighted by Crippen LogP contribution is -2.41. The summed E-state index contributed by atoms with van der Waals surface area (Å²) in [5.74, 6) is -0.503. The number of allylic oxidation sites excluding steroid dienone is 1. The molecule has 68 valence electrons. The molecule has 0 saturated carbocycles. The SMILES string of the molecule is CC[C@@H]1C(=O)C=C(C)[C@H](O)[C@@H]1O. The highest BCUT2D eigenvalue weighted by Gasteiger charge is 2.34. The van der Waals surface area contributed by atoms with Crippen LogP contribution in [0.1, 0.15) is 20.3 Å². The maximum absolute atomic E-state index is 11.2. The second-order valence-electron chi connectivity index (χ2n) is 3.24. The molecule has 12 heavy (non-hydrogen) atoms. The van der Waals surface area contributed by atoms with Gasteiger partial charge in [-0.2, -0.15) is 0 Å². The number of carbonyl (C=O) groups is 1. The van der Waals surface area contributed by atoms with Gasteiger partial charge in [-0.15, -0.1) is 0 Å². The fraction of sp³-hybridized carbons (Fsp3) is 0.667. The van der Waals surface area contributed by atoms with E-state index in [2.05, 4.69) is 0 Å². The Morgan fingerprint density at radius 2 is 2.08 bits per heavy atom. The Hall–Kier alpha value is -0.670. The topological polar surface area (TPSA) is 57.5 Å². The third kappa shape index (κ3) is 1.42. The van der Waals surface area contributed by atoms with Crippen LogP contribution in [0.25, 0.3) is 0 Å². The summed E-state index contributed by atoms with van der Waals surface area (Å²) >= 11 is 0. The normalized spacial score (nSPS) is 36.5. The number of aliphatic hydroxyl groups excluding tert-OH is 2. The number of rotatable bonds is 1. The summed E-state index contributed by atoms with van der Waals surface area (Å²) < 4.78 is 0. The quantitative estimate of drug-likeness (QED) is 0.593. The van der Waals surface area contributed by atoms with Crippen LogP contribution in [0.5, 0.6) is 0 Å². The van der Waals surface area contributed by atoms with Crippen LogP contribution < -0.4 is 0 Å². The Bertz CT molecular complexity index is 220. The van der Waals surface area contributed by atoms with Gasteiger partial charge in [0.05, 0.1) is 12.0 Å². The zero-order valence-electron chi connectivity index (χ0n) is 7.32. The van der Waals surface area contributed by atoms with E-state index in [1.165, 1.54) is 6.08 Å². The minimum atomic E-state index is -0.924. The number of hydrogen-bond acceptors (Lipinski definition) is 3. The van der Waals surface area contributed by atoms with E-state index >= 15 is 0 Å². The monoisotopic (exact) mass is 170 g/mol. The van der Waals surface area contributed by atoms with Gasteiger partial charge < -0.3 is 10.2 Å². The van der Waals surface area contributed by atoms with E-state index < -0.39 is 18.1 Å². The van der Waals surface area contributed by atoms with Crippen molar-refractivity contribution >= 4 is 5.78 Å². The highest BCUT2D eigenvalue weighted by atomic mass is 16.3. The van der Waals surface area contributed by atoms with Gasteiger partial charge in [0.25, 0.3) is 0 Å². The maximum atomic E-state index is 11.2. The number of aliphatic hydroxyl groups is 2. The summed E-state index contributed by atoms with van der Waals surface area (Å²) in [7, 11) is 0.